The van der Waals surface area contributed by atoms with Gasteiger partial charge in [-0.15, -0.1) is 0 Å². The van der Waals surface area contributed by atoms with Crippen LogP contribution in [0.1, 0.15) is 128 Å². The predicted octanol–water partition coefficient (Wildman–Crippen LogP) is 10.5. The van der Waals surface area contributed by atoms with Crippen LogP contribution in [0.5, 0.6) is 11.5 Å². The molecule has 1 aromatic rings. The zero-order valence-electron chi connectivity index (χ0n) is 31.6. The number of esters is 4. The van der Waals surface area contributed by atoms with E-state index >= 15 is 0 Å². The molecule has 0 N–H and O–H groups in total. The molecule has 53 heavy (non-hydrogen) atoms. The molecule has 0 unspecified atom stereocenters. The van der Waals surface area contributed by atoms with Crippen molar-refractivity contribution in [1.29, 1.82) is 0 Å². The second-order valence-corrected chi connectivity index (χ2v) is 17.2. The Morgan fingerprint density at radius 1 is 0.566 bits per heavy atom. The Hall–Kier alpha value is -2.94. The topological polar surface area (TPSA) is 105 Å². The van der Waals surface area contributed by atoms with Gasteiger partial charge in [0.15, 0.2) is 11.5 Å². The van der Waals surface area contributed by atoms with E-state index in [-0.39, 0.29) is 35.7 Å². The molecule has 5 rings (SSSR count). The van der Waals surface area contributed by atoms with Gasteiger partial charge in [-0.2, -0.15) is 0 Å². The van der Waals surface area contributed by atoms with E-state index in [1.54, 1.807) is 12.1 Å². The summed E-state index contributed by atoms with van der Waals surface area (Å²) in [6, 6.07) is 5.27. The van der Waals surface area contributed by atoms with Crippen LogP contribution in [0.15, 0.2) is 48.0 Å². The minimum absolute atomic E-state index is 0.138. The monoisotopic (exact) mass is 796 g/mol. The van der Waals surface area contributed by atoms with Crippen LogP contribution in [-0.4, -0.2) is 37.1 Å². The maximum Gasteiger partial charge on any atom is 0.330 e. The van der Waals surface area contributed by atoms with E-state index in [1.165, 1.54) is 63.5 Å². The lowest BCUT2D eigenvalue weighted by Gasteiger charge is -2.37. The quantitative estimate of drug-likeness (QED) is 0.0705. The Labute approximate surface area is 325 Å². The first-order valence-corrected chi connectivity index (χ1v) is 21.3. The van der Waals surface area contributed by atoms with Crippen molar-refractivity contribution < 1.29 is 38.1 Å². The largest absolute Gasteiger partial charge is 0.463 e. The van der Waals surface area contributed by atoms with Gasteiger partial charge in [-0.1, -0.05) is 54.8 Å². The van der Waals surface area contributed by atoms with E-state index in [9.17, 15) is 19.2 Å². The van der Waals surface area contributed by atoms with E-state index in [2.05, 4.69) is 29.1 Å². The van der Waals surface area contributed by atoms with Gasteiger partial charge in [-0.05, 0) is 156 Å². The molecule has 292 valence electrons. The van der Waals surface area contributed by atoms with Crippen LogP contribution >= 0.6 is 15.9 Å². The number of carbonyl (C=O) groups is 4. The number of halogens is 1. The summed E-state index contributed by atoms with van der Waals surface area (Å²) in [4.78, 5) is 49.3. The maximum absolute atomic E-state index is 13.4. The Morgan fingerprint density at radius 2 is 0.943 bits per heavy atom. The van der Waals surface area contributed by atoms with Gasteiger partial charge in [0, 0.05) is 16.6 Å². The summed E-state index contributed by atoms with van der Waals surface area (Å²) in [6.07, 6.45) is 23.9. The van der Waals surface area contributed by atoms with Gasteiger partial charge in [0.05, 0.1) is 25.0 Å². The minimum Gasteiger partial charge on any atom is -0.463 e. The lowest BCUT2D eigenvalue weighted by atomic mass is 9.68. The molecule has 0 heterocycles. The molecule has 0 aliphatic heterocycles. The number of hydrogen-bond donors (Lipinski definition) is 0. The molecule has 0 amide bonds. The molecule has 4 aliphatic carbocycles. The van der Waals surface area contributed by atoms with Crippen molar-refractivity contribution in [2.24, 2.45) is 47.3 Å². The van der Waals surface area contributed by atoms with E-state index in [0.29, 0.717) is 48.4 Å². The first-order chi connectivity index (χ1) is 25.7. The third-order valence-corrected chi connectivity index (χ3v) is 13.5. The molecule has 0 radical (unpaired) electrons. The average Bonchev–Trinajstić information content (AvgIpc) is 3.19. The highest BCUT2D eigenvalue weighted by Gasteiger charge is 2.36. The summed E-state index contributed by atoms with van der Waals surface area (Å²) >= 11 is 3.50. The molecule has 4 saturated carbocycles. The van der Waals surface area contributed by atoms with Crippen LogP contribution in [0.25, 0.3) is 0 Å². The Bertz CT molecular complexity index is 1380. The zero-order chi connectivity index (χ0) is 37.6. The summed E-state index contributed by atoms with van der Waals surface area (Å²) in [5.41, 5.74) is 0. The van der Waals surface area contributed by atoms with Gasteiger partial charge in [-0.25, -0.2) is 9.59 Å². The van der Waals surface area contributed by atoms with Crippen LogP contribution in [0, 0.1) is 47.3 Å². The molecule has 0 saturated heterocycles. The van der Waals surface area contributed by atoms with Crippen molar-refractivity contribution in [1.82, 2.24) is 0 Å². The van der Waals surface area contributed by atoms with Crippen LogP contribution in [0.2, 0.25) is 0 Å². The van der Waals surface area contributed by atoms with Gasteiger partial charge >= 0.3 is 23.9 Å². The molecular formula is C44H61BrO8. The van der Waals surface area contributed by atoms with E-state index in [0.717, 1.165) is 93.4 Å². The first kappa shape index (κ1) is 41.2. The molecule has 8 nitrogen and oxygen atoms in total. The van der Waals surface area contributed by atoms with E-state index in [4.69, 9.17) is 18.9 Å². The summed E-state index contributed by atoms with van der Waals surface area (Å²) in [7, 11) is 0. The fourth-order valence-electron chi connectivity index (χ4n) is 9.79. The number of carbonyl (C=O) groups excluding carboxylic acids is 4. The first-order valence-electron chi connectivity index (χ1n) is 20.5. The predicted molar refractivity (Wildman–Crippen MR) is 208 cm³/mol. The van der Waals surface area contributed by atoms with Crippen molar-refractivity contribution in [3.8, 4) is 11.5 Å². The van der Waals surface area contributed by atoms with Gasteiger partial charge in [0.2, 0.25) is 0 Å². The van der Waals surface area contributed by atoms with Gasteiger partial charge in [-0.3, -0.25) is 9.59 Å². The molecule has 0 aromatic heterocycles. The second kappa shape index (κ2) is 21.2. The average molecular weight is 798 g/mol. The van der Waals surface area contributed by atoms with Crippen LogP contribution in [-0.2, 0) is 28.7 Å². The minimum atomic E-state index is -0.345. The Kier molecular flexibility index (Phi) is 16.5. The van der Waals surface area contributed by atoms with Crippen molar-refractivity contribution in [3.05, 3.63) is 48.0 Å². The van der Waals surface area contributed by atoms with Crippen molar-refractivity contribution in [2.75, 3.05) is 13.2 Å². The van der Waals surface area contributed by atoms with Crippen molar-refractivity contribution in [2.45, 2.75) is 128 Å². The van der Waals surface area contributed by atoms with E-state index in [1.807, 2.05) is 6.07 Å². The highest BCUT2D eigenvalue weighted by Crippen LogP contribution is 2.45. The summed E-state index contributed by atoms with van der Waals surface area (Å²) in [5, 5.41) is 0. The summed E-state index contributed by atoms with van der Waals surface area (Å²) in [5.74, 6) is 3.38. The van der Waals surface area contributed by atoms with Gasteiger partial charge in [0.1, 0.15) is 0 Å². The molecule has 4 aliphatic rings. The standard InChI is InChI=1S/C44H61BrO8/c1-3-41(46)50-27-5-7-30-9-13-32(14-10-30)34-17-21-36(22-18-34)43(48)52-39-26-25-38(45)29-40(39)53-44(49)37-23-19-35(20-24-37)33-15-11-31(12-16-33)8-6-28-51-42(47)4-2/h3-4,25-26,29-37H,1-2,5-24,27-28H2/t30-,31-,32-,33-,34-,35-,36-,37-. The maximum atomic E-state index is 13.4. The fraction of sp³-hybridized carbons (Fsp3) is 0.682. The smallest absolute Gasteiger partial charge is 0.330 e. The molecule has 0 spiro atoms. The molecule has 0 atom stereocenters. The fourth-order valence-corrected chi connectivity index (χ4v) is 10.1. The Balaban J connectivity index is 0.998. The van der Waals surface area contributed by atoms with Gasteiger partial charge < -0.3 is 18.9 Å². The van der Waals surface area contributed by atoms with Crippen molar-refractivity contribution in [3.63, 3.8) is 0 Å². The summed E-state index contributed by atoms with van der Waals surface area (Å²) < 4.78 is 22.9. The highest BCUT2D eigenvalue weighted by atomic mass is 79.9. The number of benzene rings is 1. The number of ether oxygens (including phenoxy) is 4. The van der Waals surface area contributed by atoms with Crippen LogP contribution in [0.3, 0.4) is 0 Å². The lowest BCUT2D eigenvalue weighted by molar-refractivity contribution is -0.143. The van der Waals surface area contributed by atoms with Gasteiger partial charge in [0.25, 0.3) is 0 Å². The lowest BCUT2D eigenvalue weighted by Crippen LogP contribution is -2.31. The molecule has 0 bridgehead atoms. The summed E-state index contributed by atoms with van der Waals surface area (Å²) in [6.45, 7) is 7.83. The Morgan fingerprint density at radius 3 is 1.34 bits per heavy atom. The van der Waals surface area contributed by atoms with Crippen LogP contribution < -0.4 is 9.47 Å². The third kappa shape index (κ3) is 12.8. The van der Waals surface area contributed by atoms with E-state index < -0.39 is 0 Å². The number of hydrogen-bond acceptors (Lipinski definition) is 8. The van der Waals surface area contributed by atoms with Crippen LogP contribution in [0.4, 0.5) is 0 Å². The molecule has 9 heteroatoms. The molecule has 4 fully saturated rings. The molecule has 1 aromatic carbocycles. The molecular weight excluding hydrogens is 736 g/mol. The highest BCUT2D eigenvalue weighted by molar-refractivity contribution is 9.10. The number of rotatable bonds is 16. The second-order valence-electron chi connectivity index (χ2n) is 16.2. The van der Waals surface area contributed by atoms with Crippen molar-refractivity contribution >= 4 is 39.8 Å². The zero-order valence-corrected chi connectivity index (χ0v) is 33.2. The normalized spacial score (nSPS) is 28.9. The third-order valence-electron chi connectivity index (χ3n) is 13.0. The SMILES string of the molecule is C=CC(=O)OCCC[C@H]1CC[C@H]([C@H]2CC[C@H](C(=O)Oc3ccc(Br)cc3OC(=O)[C@H]3CC[C@H]([C@H]4CC[C@H](CCCOC(=O)C=C)CC4)CC3)CC2)CC1.